The Labute approximate surface area is 115 Å². The maximum atomic E-state index is 12.2. The summed E-state index contributed by atoms with van der Waals surface area (Å²) >= 11 is 0. The number of benzene rings is 1. The molecule has 0 radical (unpaired) electrons. The molecule has 1 fully saturated rings. The lowest BCUT2D eigenvalue weighted by Gasteiger charge is -2.34. The van der Waals surface area contributed by atoms with E-state index in [2.05, 4.69) is 0 Å². The predicted octanol–water partition coefficient (Wildman–Crippen LogP) is 1.14. The fraction of sp³-hybridized carbons (Fsp3) is 0.462. The summed E-state index contributed by atoms with van der Waals surface area (Å²) < 4.78 is 0. The molecule has 0 saturated heterocycles. The molecule has 0 aliphatic heterocycles. The summed E-state index contributed by atoms with van der Waals surface area (Å²) in [5, 5.41) is 29.7. The normalized spacial score (nSPS) is 21.1. The Morgan fingerprint density at radius 1 is 1.50 bits per heavy atom. The van der Waals surface area contributed by atoms with Crippen molar-refractivity contribution >= 4 is 11.6 Å². The fourth-order valence-corrected chi connectivity index (χ4v) is 2.38. The number of rotatable bonds is 4. The van der Waals surface area contributed by atoms with Gasteiger partial charge in [0, 0.05) is 19.7 Å². The molecular formula is C13H16N2O5. The summed E-state index contributed by atoms with van der Waals surface area (Å²) in [7, 11) is 1.57. The van der Waals surface area contributed by atoms with Gasteiger partial charge in [0.2, 0.25) is 5.75 Å². The molecule has 1 aromatic carbocycles. The zero-order chi connectivity index (χ0) is 14.9. The second-order valence-corrected chi connectivity index (χ2v) is 5.11. The van der Waals surface area contributed by atoms with Gasteiger partial charge in [0.05, 0.1) is 16.6 Å². The molecule has 1 aromatic rings. The summed E-state index contributed by atoms with van der Waals surface area (Å²) in [6, 6.07) is 3.87. The Morgan fingerprint density at radius 3 is 2.70 bits per heavy atom. The number of carbonyl (C=O) groups excluding carboxylic acids is 1. The highest BCUT2D eigenvalue weighted by atomic mass is 16.6. The average Bonchev–Trinajstić information content (AvgIpc) is 2.36. The SMILES string of the molecule is CN(CC1CC(O)C1)C(=O)c1cccc([N+](=O)[O-])c1O. The van der Waals surface area contributed by atoms with E-state index in [1.165, 1.54) is 17.0 Å². The molecule has 1 amide bonds. The second-order valence-electron chi connectivity index (χ2n) is 5.11. The van der Waals surface area contributed by atoms with Crippen LogP contribution in [-0.4, -0.2) is 45.6 Å². The third-order valence-corrected chi connectivity index (χ3v) is 3.53. The van der Waals surface area contributed by atoms with Gasteiger partial charge in [-0.3, -0.25) is 14.9 Å². The molecule has 0 heterocycles. The van der Waals surface area contributed by atoms with E-state index in [0.717, 1.165) is 6.07 Å². The van der Waals surface area contributed by atoms with Crippen LogP contribution in [0, 0.1) is 16.0 Å². The van der Waals surface area contributed by atoms with Gasteiger partial charge in [-0.15, -0.1) is 0 Å². The van der Waals surface area contributed by atoms with E-state index in [0.29, 0.717) is 19.4 Å². The van der Waals surface area contributed by atoms with E-state index < -0.39 is 22.3 Å². The first-order valence-corrected chi connectivity index (χ1v) is 6.30. The first-order valence-electron chi connectivity index (χ1n) is 6.30. The Hall–Kier alpha value is -2.15. The van der Waals surface area contributed by atoms with Gasteiger partial charge in [0.1, 0.15) is 0 Å². The second kappa shape index (κ2) is 5.46. The largest absolute Gasteiger partial charge is 0.502 e. The summed E-state index contributed by atoms with van der Waals surface area (Å²) in [5.41, 5.74) is -0.565. The van der Waals surface area contributed by atoms with Crippen molar-refractivity contribution in [1.29, 1.82) is 0 Å². The van der Waals surface area contributed by atoms with Gasteiger partial charge in [0.15, 0.2) is 0 Å². The third-order valence-electron chi connectivity index (χ3n) is 3.53. The monoisotopic (exact) mass is 280 g/mol. The number of nitro groups is 1. The zero-order valence-corrected chi connectivity index (χ0v) is 11.0. The number of para-hydroxylation sites is 1. The first kappa shape index (κ1) is 14.3. The smallest absolute Gasteiger partial charge is 0.311 e. The quantitative estimate of drug-likeness (QED) is 0.635. The van der Waals surface area contributed by atoms with Crippen molar-refractivity contribution in [2.45, 2.75) is 18.9 Å². The highest BCUT2D eigenvalue weighted by Crippen LogP contribution is 2.31. The maximum Gasteiger partial charge on any atom is 0.311 e. The number of carbonyl (C=O) groups is 1. The van der Waals surface area contributed by atoms with Crippen LogP contribution >= 0.6 is 0 Å². The molecule has 2 N–H and O–H groups in total. The highest BCUT2D eigenvalue weighted by molar-refractivity contribution is 5.97. The molecule has 7 heteroatoms. The van der Waals surface area contributed by atoms with Crippen LogP contribution in [0.2, 0.25) is 0 Å². The van der Waals surface area contributed by atoms with Gasteiger partial charge in [-0.2, -0.15) is 0 Å². The predicted molar refractivity (Wildman–Crippen MR) is 70.5 cm³/mol. The molecule has 7 nitrogen and oxygen atoms in total. The van der Waals surface area contributed by atoms with E-state index in [1.54, 1.807) is 7.05 Å². The van der Waals surface area contributed by atoms with Gasteiger partial charge in [-0.1, -0.05) is 6.07 Å². The minimum atomic E-state index is -0.728. The fourth-order valence-electron chi connectivity index (χ4n) is 2.38. The zero-order valence-electron chi connectivity index (χ0n) is 11.0. The highest BCUT2D eigenvalue weighted by Gasteiger charge is 2.30. The standard InChI is InChI=1S/C13H16N2O5/c1-14(7-8-5-9(16)6-8)13(18)10-3-2-4-11(12(10)17)15(19)20/h2-4,8-9,16-17H,5-7H2,1H3. The summed E-state index contributed by atoms with van der Waals surface area (Å²) in [6.45, 7) is 0.456. The lowest BCUT2D eigenvalue weighted by molar-refractivity contribution is -0.385. The van der Waals surface area contributed by atoms with Gasteiger partial charge in [-0.05, 0) is 24.8 Å². The van der Waals surface area contributed by atoms with Crippen molar-refractivity contribution < 1.29 is 19.9 Å². The van der Waals surface area contributed by atoms with E-state index in [1.807, 2.05) is 0 Å². The lowest BCUT2D eigenvalue weighted by atomic mass is 9.82. The minimum Gasteiger partial charge on any atom is -0.502 e. The van der Waals surface area contributed by atoms with Gasteiger partial charge < -0.3 is 15.1 Å². The van der Waals surface area contributed by atoms with Gasteiger partial charge >= 0.3 is 5.69 Å². The molecule has 0 aromatic heterocycles. The van der Waals surface area contributed by atoms with Crippen LogP contribution in [0.5, 0.6) is 5.75 Å². The molecule has 0 spiro atoms. The van der Waals surface area contributed by atoms with Crippen molar-refractivity contribution in [1.82, 2.24) is 4.90 Å². The Kier molecular flexibility index (Phi) is 3.89. The van der Waals surface area contributed by atoms with Crippen molar-refractivity contribution in [3.05, 3.63) is 33.9 Å². The number of aliphatic hydroxyl groups is 1. The van der Waals surface area contributed by atoms with Crippen LogP contribution in [-0.2, 0) is 0 Å². The summed E-state index contributed by atoms with van der Waals surface area (Å²) in [4.78, 5) is 23.6. The molecule has 108 valence electrons. The lowest BCUT2D eigenvalue weighted by Crippen LogP contribution is -2.39. The number of aromatic hydroxyl groups is 1. The van der Waals surface area contributed by atoms with Crippen LogP contribution in [0.4, 0.5) is 5.69 Å². The number of hydrogen-bond acceptors (Lipinski definition) is 5. The van der Waals surface area contributed by atoms with Crippen molar-refractivity contribution in [2.75, 3.05) is 13.6 Å². The molecule has 20 heavy (non-hydrogen) atoms. The molecule has 0 bridgehead atoms. The molecule has 2 rings (SSSR count). The molecule has 1 aliphatic carbocycles. The van der Waals surface area contributed by atoms with Crippen molar-refractivity contribution in [3.8, 4) is 5.75 Å². The Balaban J connectivity index is 2.12. The number of hydrogen-bond donors (Lipinski definition) is 2. The van der Waals surface area contributed by atoms with Gasteiger partial charge in [-0.25, -0.2) is 0 Å². The van der Waals surface area contributed by atoms with E-state index in [-0.39, 0.29) is 17.6 Å². The van der Waals surface area contributed by atoms with Crippen molar-refractivity contribution in [3.63, 3.8) is 0 Å². The van der Waals surface area contributed by atoms with Crippen LogP contribution in [0.1, 0.15) is 23.2 Å². The topological polar surface area (TPSA) is 104 Å². The van der Waals surface area contributed by atoms with Crippen LogP contribution < -0.4 is 0 Å². The molecule has 0 unspecified atom stereocenters. The van der Waals surface area contributed by atoms with Crippen molar-refractivity contribution in [2.24, 2.45) is 5.92 Å². The number of aliphatic hydroxyl groups excluding tert-OH is 1. The average molecular weight is 280 g/mol. The van der Waals surface area contributed by atoms with Crippen LogP contribution in [0.3, 0.4) is 0 Å². The number of nitro benzene ring substituents is 1. The minimum absolute atomic E-state index is 0.0819. The molecular weight excluding hydrogens is 264 g/mol. The molecule has 1 saturated carbocycles. The maximum absolute atomic E-state index is 12.2. The number of phenolic OH excluding ortho intramolecular Hbond substituents is 1. The van der Waals surface area contributed by atoms with E-state index in [9.17, 15) is 25.1 Å². The van der Waals surface area contributed by atoms with Crippen LogP contribution in [0.15, 0.2) is 18.2 Å². The summed E-state index contributed by atoms with van der Waals surface area (Å²) in [6.07, 6.45) is 1.01. The van der Waals surface area contributed by atoms with Gasteiger partial charge in [0.25, 0.3) is 5.91 Å². The summed E-state index contributed by atoms with van der Waals surface area (Å²) in [5.74, 6) is -0.838. The molecule has 0 atom stereocenters. The van der Waals surface area contributed by atoms with Crippen LogP contribution in [0.25, 0.3) is 0 Å². The number of amides is 1. The number of phenols is 1. The third kappa shape index (κ3) is 2.72. The van der Waals surface area contributed by atoms with E-state index in [4.69, 9.17) is 0 Å². The Bertz CT molecular complexity index is 540. The molecule has 1 aliphatic rings. The van der Waals surface area contributed by atoms with E-state index >= 15 is 0 Å². The Morgan fingerprint density at radius 2 is 2.15 bits per heavy atom. The first-order chi connectivity index (χ1) is 9.40. The number of nitrogens with zero attached hydrogens (tertiary/aromatic N) is 2.